The highest BCUT2D eigenvalue weighted by atomic mass is 16.5. The van der Waals surface area contributed by atoms with Crippen LogP contribution in [-0.4, -0.2) is 35.2 Å². The quantitative estimate of drug-likeness (QED) is 0.525. The van der Waals surface area contributed by atoms with Crippen molar-refractivity contribution >= 4 is 16.7 Å². The predicted molar refractivity (Wildman–Crippen MR) is 106 cm³/mol. The van der Waals surface area contributed by atoms with Crippen LogP contribution < -0.4 is 4.74 Å². The van der Waals surface area contributed by atoms with Gasteiger partial charge in [0.05, 0.1) is 7.11 Å². The summed E-state index contributed by atoms with van der Waals surface area (Å²) in [5.41, 5.74) is 2.45. The normalized spacial score (nSPS) is 10.8. The third-order valence-electron chi connectivity index (χ3n) is 4.62. The number of carbonyl (C=O) groups excluding carboxylic acids is 1. The lowest BCUT2D eigenvalue weighted by Crippen LogP contribution is -2.26. The molecule has 3 aromatic carbocycles. The van der Waals surface area contributed by atoms with Gasteiger partial charge in [0.15, 0.2) is 0 Å². The molecule has 0 bridgehead atoms. The van der Waals surface area contributed by atoms with Crippen LogP contribution in [0.4, 0.5) is 0 Å². The Morgan fingerprint density at radius 2 is 1.79 bits per heavy atom. The Morgan fingerprint density at radius 1 is 1.04 bits per heavy atom. The fourth-order valence-electron chi connectivity index (χ4n) is 3.12. The van der Waals surface area contributed by atoms with Gasteiger partial charge in [-0.1, -0.05) is 18.2 Å². The van der Waals surface area contributed by atoms with Crippen molar-refractivity contribution in [2.75, 3.05) is 14.2 Å². The van der Waals surface area contributed by atoms with Gasteiger partial charge in [0.1, 0.15) is 5.75 Å². The molecule has 0 saturated carbocycles. The first-order valence-corrected chi connectivity index (χ1v) is 8.83. The van der Waals surface area contributed by atoms with Crippen LogP contribution in [0.15, 0.2) is 71.5 Å². The molecule has 0 fully saturated rings. The zero-order chi connectivity index (χ0) is 19.5. The van der Waals surface area contributed by atoms with Crippen molar-refractivity contribution in [3.63, 3.8) is 0 Å². The lowest BCUT2D eigenvalue weighted by atomic mass is 10.1. The van der Waals surface area contributed by atoms with Crippen molar-refractivity contribution in [1.82, 2.24) is 15.1 Å². The smallest absolute Gasteiger partial charge is 0.253 e. The van der Waals surface area contributed by atoms with Gasteiger partial charge in [-0.2, -0.15) is 0 Å². The Balaban J connectivity index is 1.49. The number of ether oxygens (including phenoxy) is 1. The Hall–Kier alpha value is -3.67. The molecule has 0 N–H and O–H groups in total. The zero-order valence-electron chi connectivity index (χ0n) is 15.6. The van der Waals surface area contributed by atoms with Gasteiger partial charge in [-0.3, -0.25) is 4.79 Å². The molecule has 28 heavy (non-hydrogen) atoms. The number of aromatic nitrogens is 2. The molecule has 1 heterocycles. The van der Waals surface area contributed by atoms with Crippen LogP contribution in [-0.2, 0) is 6.54 Å². The summed E-state index contributed by atoms with van der Waals surface area (Å²) in [5.74, 6) is 1.21. The van der Waals surface area contributed by atoms with Gasteiger partial charge in [-0.05, 0) is 58.8 Å². The number of hydrogen-bond donors (Lipinski definition) is 0. The molecule has 0 aliphatic heterocycles. The molecule has 140 valence electrons. The molecule has 0 atom stereocenters. The van der Waals surface area contributed by atoms with Gasteiger partial charge in [-0.25, -0.2) is 0 Å². The molecule has 4 aromatic rings. The maximum absolute atomic E-state index is 12.8. The molecule has 1 amide bonds. The molecule has 6 heteroatoms. The predicted octanol–water partition coefficient (Wildman–Crippen LogP) is 4.17. The molecule has 0 radical (unpaired) electrons. The van der Waals surface area contributed by atoms with E-state index in [2.05, 4.69) is 16.3 Å². The van der Waals surface area contributed by atoms with Crippen LogP contribution in [0, 0.1) is 0 Å². The number of hydrogen-bond acceptors (Lipinski definition) is 5. The summed E-state index contributed by atoms with van der Waals surface area (Å²) in [4.78, 5) is 14.5. The maximum Gasteiger partial charge on any atom is 0.253 e. The summed E-state index contributed by atoms with van der Waals surface area (Å²) in [6.07, 6.45) is 1.28. The van der Waals surface area contributed by atoms with Gasteiger partial charge in [0.2, 0.25) is 12.3 Å². The Kier molecular flexibility index (Phi) is 4.76. The summed E-state index contributed by atoms with van der Waals surface area (Å²) in [6, 6.07) is 19.3. The molecule has 6 nitrogen and oxygen atoms in total. The highest BCUT2D eigenvalue weighted by Crippen LogP contribution is 2.23. The average molecular weight is 373 g/mol. The fraction of sp³-hybridized carbons (Fsp3) is 0.136. The minimum Gasteiger partial charge on any atom is -0.497 e. The number of nitrogens with zero attached hydrogens (tertiary/aromatic N) is 3. The van der Waals surface area contributed by atoms with Gasteiger partial charge in [0, 0.05) is 24.7 Å². The van der Waals surface area contributed by atoms with E-state index in [4.69, 9.17) is 9.15 Å². The number of fused-ring (bicyclic) bond motifs is 1. The van der Waals surface area contributed by atoms with Crippen molar-refractivity contribution in [2.45, 2.75) is 6.54 Å². The first kappa shape index (κ1) is 17.7. The van der Waals surface area contributed by atoms with Crippen LogP contribution >= 0.6 is 0 Å². The third kappa shape index (κ3) is 3.57. The van der Waals surface area contributed by atoms with Crippen molar-refractivity contribution in [3.05, 3.63) is 78.2 Å². The highest BCUT2D eigenvalue weighted by Gasteiger charge is 2.13. The van der Waals surface area contributed by atoms with Gasteiger partial charge in [0.25, 0.3) is 5.91 Å². The zero-order valence-corrected chi connectivity index (χ0v) is 15.6. The summed E-state index contributed by atoms with van der Waals surface area (Å²) in [5, 5.41) is 9.75. The largest absolute Gasteiger partial charge is 0.497 e. The summed E-state index contributed by atoms with van der Waals surface area (Å²) in [6.45, 7) is 0.520. The number of rotatable bonds is 5. The van der Waals surface area contributed by atoms with E-state index in [0.29, 0.717) is 18.0 Å². The molecular weight excluding hydrogens is 354 g/mol. The minimum absolute atomic E-state index is 0.0492. The number of benzene rings is 3. The molecule has 4 rings (SSSR count). The van der Waals surface area contributed by atoms with E-state index in [1.807, 2.05) is 30.3 Å². The van der Waals surface area contributed by atoms with Crippen molar-refractivity contribution in [1.29, 1.82) is 0 Å². The monoisotopic (exact) mass is 373 g/mol. The summed E-state index contributed by atoms with van der Waals surface area (Å²) in [7, 11) is 3.46. The highest BCUT2D eigenvalue weighted by molar-refractivity contribution is 5.94. The molecule has 0 aliphatic carbocycles. The van der Waals surface area contributed by atoms with E-state index in [9.17, 15) is 4.79 Å². The van der Waals surface area contributed by atoms with Crippen LogP contribution in [0.3, 0.4) is 0 Å². The molecule has 0 saturated heterocycles. The van der Waals surface area contributed by atoms with Crippen molar-refractivity contribution in [3.8, 4) is 17.2 Å². The van der Waals surface area contributed by atoms with E-state index in [1.54, 1.807) is 43.3 Å². The fourth-order valence-corrected chi connectivity index (χ4v) is 3.12. The Labute approximate surface area is 162 Å². The van der Waals surface area contributed by atoms with Gasteiger partial charge in [-0.15, -0.1) is 10.2 Å². The summed E-state index contributed by atoms with van der Waals surface area (Å²) >= 11 is 0. The lowest BCUT2D eigenvalue weighted by Gasteiger charge is -2.18. The second-order valence-electron chi connectivity index (χ2n) is 6.53. The molecule has 0 spiro atoms. The standard InChI is InChI=1S/C22H19N3O3/c1-25(13-15-3-4-19-12-20(27-2)10-9-18(19)11-15)22(26)17-7-5-16(6-8-17)21-24-23-14-28-21/h3-12,14H,13H2,1-2H3. The topological polar surface area (TPSA) is 68.5 Å². The van der Waals surface area contributed by atoms with Gasteiger partial charge >= 0.3 is 0 Å². The lowest BCUT2D eigenvalue weighted by molar-refractivity contribution is 0.0785. The molecule has 0 aliphatic rings. The van der Waals surface area contributed by atoms with E-state index in [0.717, 1.165) is 27.6 Å². The van der Waals surface area contributed by atoms with E-state index < -0.39 is 0 Å². The van der Waals surface area contributed by atoms with Crippen LogP contribution in [0.2, 0.25) is 0 Å². The molecule has 0 unspecified atom stereocenters. The number of amides is 1. The van der Waals surface area contributed by atoms with E-state index in [1.165, 1.54) is 6.39 Å². The van der Waals surface area contributed by atoms with E-state index in [-0.39, 0.29) is 5.91 Å². The third-order valence-corrected chi connectivity index (χ3v) is 4.62. The van der Waals surface area contributed by atoms with Crippen LogP contribution in [0.5, 0.6) is 5.75 Å². The van der Waals surface area contributed by atoms with Crippen LogP contribution in [0.1, 0.15) is 15.9 Å². The first-order valence-electron chi connectivity index (χ1n) is 8.83. The number of methoxy groups -OCH3 is 1. The van der Waals surface area contributed by atoms with E-state index >= 15 is 0 Å². The second-order valence-corrected chi connectivity index (χ2v) is 6.53. The maximum atomic E-state index is 12.8. The number of carbonyl (C=O) groups is 1. The Bertz CT molecular complexity index is 1110. The van der Waals surface area contributed by atoms with Gasteiger partial charge < -0.3 is 14.1 Å². The molecule has 1 aromatic heterocycles. The first-order chi connectivity index (χ1) is 13.6. The minimum atomic E-state index is -0.0492. The van der Waals surface area contributed by atoms with Crippen molar-refractivity contribution < 1.29 is 13.9 Å². The van der Waals surface area contributed by atoms with Crippen LogP contribution in [0.25, 0.3) is 22.2 Å². The summed E-state index contributed by atoms with van der Waals surface area (Å²) < 4.78 is 10.4. The second kappa shape index (κ2) is 7.52. The SMILES string of the molecule is COc1ccc2cc(CN(C)C(=O)c3ccc(-c4nnco4)cc3)ccc2c1. The Morgan fingerprint density at radius 3 is 2.50 bits per heavy atom. The van der Waals surface area contributed by atoms with Crippen molar-refractivity contribution in [2.24, 2.45) is 0 Å². The average Bonchev–Trinajstić information content (AvgIpc) is 3.28. The molecular formula is C22H19N3O3.